The smallest absolute Gasteiger partial charge is 0.152 e. The van der Waals surface area contributed by atoms with Crippen molar-refractivity contribution in [3.05, 3.63) is 28.2 Å². The van der Waals surface area contributed by atoms with Crippen LogP contribution in [0.1, 0.15) is 19.2 Å². The molecule has 0 saturated carbocycles. The van der Waals surface area contributed by atoms with Crippen molar-refractivity contribution in [2.75, 3.05) is 11.5 Å². The molecule has 1 saturated heterocycles. The lowest BCUT2D eigenvalue weighted by Crippen LogP contribution is -2.32. The summed E-state index contributed by atoms with van der Waals surface area (Å²) < 4.78 is 39.6. The van der Waals surface area contributed by atoms with E-state index in [1.165, 1.54) is 6.07 Å². The molecule has 114 valence electrons. The molecule has 8 heteroatoms. The van der Waals surface area contributed by atoms with Gasteiger partial charge in [-0.25, -0.2) is 17.8 Å². The molecule has 1 aromatic carbocycles. The fourth-order valence-electron chi connectivity index (χ4n) is 2.98. The Morgan fingerprint density at radius 1 is 1.52 bits per heavy atom. The molecule has 21 heavy (non-hydrogen) atoms. The van der Waals surface area contributed by atoms with Crippen molar-refractivity contribution < 1.29 is 12.8 Å². The Labute approximate surface area is 135 Å². The zero-order valence-corrected chi connectivity index (χ0v) is 14.4. The maximum absolute atomic E-state index is 13.7. The molecule has 0 N–H and O–H groups in total. The first kappa shape index (κ1) is 15.2. The maximum Gasteiger partial charge on any atom is 0.152 e. The number of sulfone groups is 1. The van der Waals surface area contributed by atoms with E-state index in [9.17, 15) is 12.8 Å². The van der Waals surface area contributed by atoms with E-state index >= 15 is 0 Å². The van der Waals surface area contributed by atoms with E-state index < -0.39 is 21.2 Å². The highest BCUT2D eigenvalue weighted by atomic mass is 79.9. The normalized spacial score (nSPS) is 24.8. The average Bonchev–Trinajstić information content (AvgIpc) is 2.88. The highest BCUT2D eigenvalue weighted by Gasteiger charge is 2.41. The molecule has 1 aliphatic rings. The van der Waals surface area contributed by atoms with Gasteiger partial charge in [0.25, 0.3) is 0 Å². The zero-order chi connectivity index (χ0) is 15.4. The van der Waals surface area contributed by atoms with Crippen LogP contribution in [0, 0.1) is 5.82 Å². The molecular weight excluding hydrogens is 383 g/mol. The summed E-state index contributed by atoms with van der Waals surface area (Å²) in [5, 5.41) is 0. The van der Waals surface area contributed by atoms with Crippen molar-refractivity contribution in [2.24, 2.45) is 0 Å². The topological polar surface area (TPSA) is 52.0 Å². The van der Waals surface area contributed by atoms with Crippen LogP contribution < -0.4 is 0 Å². The molecule has 1 aliphatic heterocycles. The number of aromatic nitrogens is 2. The summed E-state index contributed by atoms with van der Waals surface area (Å²) >= 11 is 9.12. The van der Waals surface area contributed by atoms with Crippen LogP contribution in [0.5, 0.6) is 0 Å². The molecular formula is C13H13BrClFN2O2S. The van der Waals surface area contributed by atoms with Crippen molar-refractivity contribution in [1.29, 1.82) is 0 Å². The molecule has 0 amide bonds. The third-order valence-corrected chi connectivity index (χ3v) is 6.64. The van der Waals surface area contributed by atoms with Crippen molar-refractivity contribution in [2.45, 2.75) is 24.8 Å². The number of hydrogen-bond acceptors (Lipinski definition) is 3. The van der Waals surface area contributed by atoms with Crippen LogP contribution in [0.3, 0.4) is 0 Å². The summed E-state index contributed by atoms with van der Waals surface area (Å²) in [6.07, 6.45) is 0.500. The first-order chi connectivity index (χ1) is 9.76. The zero-order valence-electron chi connectivity index (χ0n) is 11.2. The number of nitrogens with zero attached hydrogens (tertiary/aromatic N) is 2. The van der Waals surface area contributed by atoms with Gasteiger partial charge >= 0.3 is 0 Å². The van der Waals surface area contributed by atoms with Gasteiger partial charge in [0.15, 0.2) is 9.84 Å². The predicted octanol–water partition coefficient (Wildman–Crippen LogP) is 3.21. The lowest BCUT2D eigenvalue weighted by molar-refractivity contribution is 0.367. The standard InChI is InChI=1S/C13H13BrClFN2O2S/c1-13(2-3-21(19,20)7-13)18-11-4-8(14)9(16)5-10(11)17-12(18)6-15/h4-5H,2-3,6-7H2,1H3. The van der Waals surface area contributed by atoms with Gasteiger partial charge in [0.05, 0.1) is 38.4 Å². The summed E-state index contributed by atoms with van der Waals surface area (Å²) in [4.78, 5) is 4.35. The number of alkyl halides is 1. The van der Waals surface area contributed by atoms with Gasteiger partial charge in [-0.2, -0.15) is 0 Å². The Kier molecular flexibility index (Phi) is 3.58. The lowest BCUT2D eigenvalue weighted by Gasteiger charge is -2.27. The molecule has 3 rings (SSSR count). The van der Waals surface area contributed by atoms with Gasteiger partial charge in [0.1, 0.15) is 11.6 Å². The van der Waals surface area contributed by atoms with Gasteiger partial charge in [-0.05, 0) is 35.3 Å². The number of imidazole rings is 1. The Hall–Kier alpha value is -0.660. The van der Waals surface area contributed by atoms with E-state index in [-0.39, 0.29) is 17.4 Å². The molecule has 1 aromatic heterocycles. The average molecular weight is 396 g/mol. The van der Waals surface area contributed by atoms with Gasteiger partial charge in [-0.15, -0.1) is 11.6 Å². The lowest BCUT2D eigenvalue weighted by atomic mass is 10.0. The van der Waals surface area contributed by atoms with Crippen LogP contribution in [-0.2, 0) is 21.3 Å². The van der Waals surface area contributed by atoms with E-state index in [0.717, 1.165) is 0 Å². The Bertz CT molecular complexity index is 836. The largest absolute Gasteiger partial charge is 0.320 e. The minimum atomic E-state index is -3.07. The highest BCUT2D eigenvalue weighted by Crippen LogP contribution is 2.36. The predicted molar refractivity (Wildman–Crippen MR) is 83.9 cm³/mol. The second-order valence-corrected chi connectivity index (χ2v) is 8.90. The second-order valence-electron chi connectivity index (χ2n) is 5.59. The first-order valence-electron chi connectivity index (χ1n) is 6.39. The van der Waals surface area contributed by atoms with Gasteiger partial charge in [-0.3, -0.25) is 0 Å². The molecule has 0 aliphatic carbocycles. The third kappa shape index (κ3) is 2.49. The molecule has 0 spiro atoms. The molecule has 1 atom stereocenters. The fraction of sp³-hybridized carbons (Fsp3) is 0.462. The summed E-state index contributed by atoms with van der Waals surface area (Å²) in [5.74, 6) is 0.488. The Morgan fingerprint density at radius 2 is 2.24 bits per heavy atom. The van der Waals surface area contributed by atoms with E-state index in [1.807, 2.05) is 11.5 Å². The number of fused-ring (bicyclic) bond motifs is 1. The van der Waals surface area contributed by atoms with Gasteiger partial charge < -0.3 is 4.57 Å². The van der Waals surface area contributed by atoms with E-state index in [1.54, 1.807) is 6.07 Å². The third-order valence-electron chi connectivity index (χ3n) is 3.91. The minimum Gasteiger partial charge on any atom is -0.320 e. The van der Waals surface area contributed by atoms with Crippen LogP contribution in [0.25, 0.3) is 11.0 Å². The molecule has 0 radical (unpaired) electrons. The summed E-state index contributed by atoms with van der Waals surface area (Å²) in [6, 6.07) is 2.96. The molecule has 4 nitrogen and oxygen atoms in total. The van der Waals surface area contributed by atoms with Crippen LogP contribution in [0.4, 0.5) is 4.39 Å². The summed E-state index contributed by atoms with van der Waals surface area (Å²) in [5.41, 5.74) is 0.574. The van der Waals surface area contributed by atoms with Crippen LogP contribution in [-0.4, -0.2) is 29.5 Å². The van der Waals surface area contributed by atoms with Gasteiger partial charge in [-0.1, -0.05) is 0 Å². The van der Waals surface area contributed by atoms with Crippen LogP contribution in [0.2, 0.25) is 0 Å². The van der Waals surface area contributed by atoms with Crippen molar-refractivity contribution >= 4 is 48.4 Å². The molecule has 2 aromatic rings. The number of benzene rings is 1. The molecule has 1 fully saturated rings. The quantitative estimate of drug-likeness (QED) is 0.734. The van der Waals surface area contributed by atoms with E-state index in [4.69, 9.17) is 11.6 Å². The number of hydrogen-bond donors (Lipinski definition) is 0. The Morgan fingerprint density at radius 3 is 2.81 bits per heavy atom. The monoisotopic (exact) mass is 394 g/mol. The fourth-order valence-corrected chi connectivity index (χ4v) is 5.61. The highest BCUT2D eigenvalue weighted by molar-refractivity contribution is 9.10. The van der Waals surface area contributed by atoms with Gasteiger partial charge in [0.2, 0.25) is 0 Å². The molecule has 2 heterocycles. The van der Waals surface area contributed by atoms with Crippen LogP contribution >= 0.6 is 27.5 Å². The second kappa shape index (κ2) is 4.93. The number of rotatable bonds is 2. The first-order valence-corrected chi connectivity index (χ1v) is 9.54. The van der Waals surface area contributed by atoms with Crippen LogP contribution in [0.15, 0.2) is 16.6 Å². The summed E-state index contributed by atoms with van der Waals surface area (Å²) in [7, 11) is -3.07. The van der Waals surface area contributed by atoms with Crippen molar-refractivity contribution in [1.82, 2.24) is 9.55 Å². The van der Waals surface area contributed by atoms with E-state index in [2.05, 4.69) is 20.9 Å². The van der Waals surface area contributed by atoms with E-state index in [0.29, 0.717) is 27.8 Å². The molecule has 1 unspecified atom stereocenters. The molecule has 0 bridgehead atoms. The summed E-state index contributed by atoms with van der Waals surface area (Å²) in [6.45, 7) is 1.88. The number of halogens is 3. The Balaban J connectivity index is 2.28. The maximum atomic E-state index is 13.7. The van der Waals surface area contributed by atoms with Crippen molar-refractivity contribution in [3.63, 3.8) is 0 Å². The minimum absolute atomic E-state index is 0.0460. The SMILES string of the molecule is CC1(n2c(CCl)nc3cc(F)c(Br)cc32)CCS(=O)(=O)C1. The van der Waals surface area contributed by atoms with Crippen molar-refractivity contribution in [3.8, 4) is 0 Å². The van der Waals surface area contributed by atoms with Gasteiger partial charge in [0, 0.05) is 6.07 Å².